The first-order chi connectivity index (χ1) is 12.9. The molecule has 3 aromatic rings. The lowest BCUT2D eigenvalue weighted by Gasteiger charge is -2.36. The molecule has 2 N–H and O–H groups in total. The molecule has 1 saturated heterocycles. The van der Waals surface area contributed by atoms with Gasteiger partial charge in [0.2, 0.25) is 10.0 Å². The van der Waals surface area contributed by atoms with E-state index in [2.05, 4.69) is 21.9 Å². The number of rotatable bonds is 4. The molecule has 27 heavy (non-hydrogen) atoms. The lowest BCUT2D eigenvalue weighted by atomic mass is 10.2. The normalized spacial score (nSPS) is 16.1. The molecule has 1 aliphatic rings. The predicted molar refractivity (Wildman–Crippen MR) is 112 cm³/mol. The van der Waals surface area contributed by atoms with Gasteiger partial charge in [-0.05, 0) is 30.3 Å². The molecule has 2 heterocycles. The highest BCUT2D eigenvalue weighted by atomic mass is 35.5. The Bertz CT molecular complexity index is 1060. The number of sulfonamides is 1. The minimum atomic E-state index is -3.65. The minimum Gasteiger partial charge on any atom is -0.369 e. The van der Waals surface area contributed by atoms with Gasteiger partial charge in [0, 0.05) is 53.4 Å². The third kappa shape index (κ3) is 3.97. The van der Waals surface area contributed by atoms with E-state index in [4.69, 9.17) is 16.7 Å². The van der Waals surface area contributed by atoms with E-state index in [0.29, 0.717) is 0 Å². The largest absolute Gasteiger partial charge is 0.369 e. The highest BCUT2D eigenvalue weighted by molar-refractivity contribution is 7.89. The van der Waals surface area contributed by atoms with Gasteiger partial charge in [-0.25, -0.2) is 13.6 Å². The molecular weight excluding hydrogens is 402 g/mol. The van der Waals surface area contributed by atoms with Gasteiger partial charge >= 0.3 is 0 Å². The molecular formula is C19H20ClN3O2S2. The van der Waals surface area contributed by atoms with Crippen LogP contribution in [0.3, 0.4) is 0 Å². The van der Waals surface area contributed by atoms with Crippen LogP contribution in [-0.2, 0) is 16.6 Å². The van der Waals surface area contributed by atoms with Gasteiger partial charge in [0.15, 0.2) is 0 Å². The Morgan fingerprint density at radius 1 is 1.00 bits per heavy atom. The Balaban J connectivity index is 1.40. The van der Waals surface area contributed by atoms with Crippen molar-refractivity contribution in [2.75, 3.05) is 31.1 Å². The summed E-state index contributed by atoms with van der Waals surface area (Å²) in [4.78, 5) is 6.02. The van der Waals surface area contributed by atoms with Crippen LogP contribution in [0.4, 0.5) is 5.69 Å². The number of nitrogens with zero attached hydrogens (tertiary/aromatic N) is 2. The summed E-state index contributed by atoms with van der Waals surface area (Å²) in [5.41, 5.74) is 1.02. The molecule has 0 saturated carbocycles. The molecule has 0 radical (unpaired) electrons. The van der Waals surface area contributed by atoms with Crippen LogP contribution in [0.5, 0.6) is 0 Å². The summed E-state index contributed by atoms with van der Waals surface area (Å²) >= 11 is 8.33. The molecule has 142 valence electrons. The van der Waals surface area contributed by atoms with Crippen molar-refractivity contribution in [1.29, 1.82) is 0 Å². The molecule has 1 fully saturated rings. The van der Waals surface area contributed by atoms with Crippen molar-refractivity contribution in [2.24, 2.45) is 5.14 Å². The molecule has 0 amide bonds. The molecule has 0 atom stereocenters. The SMILES string of the molecule is NS(=O)(=O)c1ccc(N2CCN(Cc3sc4ccccc4c3Cl)CC2)cc1. The van der Waals surface area contributed by atoms with Crippen molar-refractivity contribution in [3.63, 3.8) is 0 Å². The van der Waals surface area contributed by atoms with E-state index in [1.807, 2.05) is 24.3 Å². The van der Waals surface area contributed by atoms with Gasteiger partial charge in [0.1, 0.15) is 0 Å². The van der Waals surface area contributed by atoms with Crippen LogP contribution in [0.25, 0.3) is 10.1 Å². The Morgan fingerprint density at radius 2 is 1.67 bits per heavy atom. The number of thiophene rings is 1. The second kappa shape index (κ2) is 7.41. The number of halogens is 1. The van der Waals surface area contributed by atoms with E-state index in [9.17, 15) is 8.42 Å². The molecule has 5 nitrogen and oxygen atoms in total. The van der Waals surface area contributed by atoms with Crippen molar-refractivity contribution >= 4 is 48.7 Å². The quantitative estimate of drug-likeness (QED) is 0.699. The minimum absolute atomic E-state index is 0.143. The van der Waals surface area contributed by atoms with E-state index in [1.165, 1.54) is 9.58 Å². The topological polar surface area (TPSA) is 66.6 Å². The number of nitrogens with two attached hydrogens (primary N) is 1. The first kappa shape index (κ1) is 18.7. The maximum atomic E-state index is 11.4. The Kier molecular flexibility index (Phi) is 5.13. The molecule has 2 aromatic carbocycles. The standard InChI is InChI=1S/C19H20ClN3O2S2/c20-19-16-3-1-2-4-17(16)26-18(19)13-22-9-11-23(12-10-22)14-5-7-15(8-6-14)27(21,24)25/h1-8H,9-13H2,(H2,21,24,25). The molecule has 0 aliphatic carbocycles. The van der Waals surface area contributed by atoms with Gasteiger partial charge in [-0.2, -0.15) is 0 Å². The highest BCUT2D eigenvalue weighted by Gasteiger charge is 2.20. The number of primary sulfonamides is 1. The van der Waals surface area contributed by atoms with Crippen molar-refractivity contribution in [3.8, 4) is 0 Å². The first-order valence-electron chi connectivity index (χ1n) is 8.68. The fourth-order valence-corrected chi connectivity index (χ4v) is 5.43. The van der Waals surface area contributed by atoms with Gasteiger partial charge in [0.05, 0.1) is 9.92 Å². The van der Waals surface area contributed by atoms with Crippen LogP contribution in [0.15, 0.2) is 53.4 Å². The number of anilines is 1. The maximum Gasteiger partial charge on any atom is 0.238 e. The zero-order valence-electron chi connectivity index (χ0n) is 14.6. The summed E-state index contributed by atoms with van der Waals surface area (Å²) in [5.74, 6) is 0. The third-order valence-electron chi connectivity index (χ3n) is 4.87. The molecule has 1 aliphatic heterocycles. The van der Waals surface area contributed by atoms with Crippen LogP contribution < -0.4 is 10.0 Å². The highest BCUT2D eigenvalue weighted by Crippen LogP contribution is 2.36. The van der Waals surface area contributed by atoms with Crippen molar-refractivity contribution < 1.29 is 8.42 Å². The van der Waals surface area contributed by atoms with E-state index in [1.54, 1.807) is 23.5 Å². The number of hydrogen-bond acceptors (Lipinski definition) is 5. The van der Waals surface area contributed by atoms with Crippen LogP contribution in [-0.4, -0.2) is 39.5 Å². The van der Waals surface area contributed by atoms with Crippen LogP contribution >= 0.6 is 22.9 Å². The summed E-state index contributed by atoms with van der Waals surface area (Å²) in [6, 6.07) is 15.0. The van der Waals surface area contributed by atoms with Gasteiger partial charge in [-0.1, -0.05) is 29.8 Å². The van der Waals surface area contributed by atoms with Crippen LogP contribution in [0, 0.1) is 0 Å². The smallest absolute Gasteiger partial charge is 0.238 e. The molecule has 0 spiro atoms. The lowest BCUT2D eigenvalue weighted by molar-refractivity contribution is 0.252. The van der Waals surface area contributed by atoms with E-state index in [0.717, 1.165) is 48.8 Å². The van der Waals surface area contributed by atoms with Crippen molar-refractivity contribution in [1.82, 2.24) is 4.90 Å². The molecule has 4 rings (SSSR count). The van der Waals surface area contributed by atoms with Gasteiger partial charge in [-0.15, -0.1) is 11.3 Å². The molecule has 1 aromatic heterocycles. The maximum absolute atomic E-state index is 11.4. The lowest BCUT2D eigenvalue weighted by Crippen LogP contribution is -2.45. The Morgan fingerprint density at radius 3 is 2.30 bits per heavy atom. The number of hydrogen-bond donors (Lipinski definition) is 1. The van der Waals surface area contributed by atoms with E-state index >= 15 is 0 Å². The number of fused-ring (bicyclic) bond motifs is 1. The average molecular weight is 422 g/mol. The zero-order chi connectivity index (χ0) is 19.0. The predicted octanol–water partition coefficient (Wildman–Crippen LogP) is 3.52. The Hall–Kier alpha value is -1.64. The summed E-state index contributed by atoms with van der Waals surface area (Å²) in [7, 11) is -3.65. The van der Waals surface area contributed by atoms with Gasteiger partial charge in [0.25, 0.3) is 0 Å². The van der Waals surface area contributed by atoms with Crippen LogP contribution in [0.2, 0.25) is 5.02 Å². The fraction of sp³-hybridized carbons (Fsp3) is 0.263. The van der Waals surface area contributed by atoms with Crippen molar-refractivity contribution in [2.45, 2.75) is 11.4 Å². The second-order valence-electron chi connectivity index (χ2n) is 6.64. The first-order valence-corrected chi connectivity index (χ1v) is 11.4. The summed E-state index contributed by atoms with van der Waals surface area (Å²) in [6.45, 7) is 4.49. The average Bonchev–Trinajstić information content (AvgIpc) is 2.98. The summed E-state index contributed by atoms with van der Waals surface area (Å²) in [5, 5.41) is 7.16. The zero-order valence-corrected chi connectivity index (χ0v) is 17.0. The molecule has 0 unspecified atom stereocenters. The molecule has 8 heteroatoms. The summed E-state index contributed by atoms with van der Waals surface area (Å²) < 4.78 is 24.0. The van der Waals surface area contributed by atoms with E-state index < -0.39 is 10.0 Å². The molecule has 0 bridgehead atoms. The third-order valence-corrected chi connectivity index (χ3v) is 7.50. The monoisotopic (exact) mass is 421 g/mol. The van der Waals surface area contributed by atoms with E-state index in [-0.39, 0.29) is 4.90 Å². The Labute approximate surface area is 168 Å². The van der Waals surface area contributed by atoms with Crippen molar-refractivity contribution in [3.05, 3.63) is 58.4 Å². The number of benzene rings is 2. The second-order valence-corrected chi connectivity index (χ2v) is 9.71. The van der Waals surface area contributed by atoms with Gasteiger partial charge < -0.3 is 4.90 Å². The number of piperazine rings is 1. The fourth-order valence-electron chi connectivity index (χ4n) is 3.38. The van der Waals surface area contributed by atoms with Gasteiger partial charge in [-0.3, -0.25) is 4.90 Å². The summed E-state index contributed by atoms with van der Waals surface area (Å²) in [6.07, 6.45) is 0. The van der Waals surface area contributed by atoms with Crippen LogP contribution in [0.1, 0.15) is 4.88 Å².